The van der Waals surface area contributed by atoms with Crippen molar-refractivity contribution in [1.29, 1.82) is 0 Å². The van der Waals surface area contributed by atoms with Crippen molar-refractivity contribution >= 4 is 62.7 Å². The fourth-order valence-electron chi connectivity index (χ4n) is 4.10. The van der Waals surface area contributed by atoms with Crippen molar-refractivity contribution in [2.45, 2.75) is 22.0 Å². The Morgan fingerprint density at radius 3 is 2.64 bits per heavy atom. The average Bonchev–Trinajstić information content (AvgIpc) is 2.87. The SMILES string of the molecule is O=C(Cc1ccccc1)NC1C(=O)N2C(C(=O)O)=C(/C=C/Sc3cc(=O)c4ccccc4s3)CS[C@H]12. The number of nitrogens with zero attached hydrogens (tertiary/aromatic N) is 1. The summed E-state index contributed by atoms with van der Waals surface area (Å²) in [5.41, 5.74) is 1.21. The van der Waals surface area contributed by atoms with Gasteiger partial charge in [0.2, 0.25) is 5.91 Å². The number of hydrogen-bond donors (Lipinski definition) is 2. The number of fused-ring (bicyclic) bond motifs is 2. The molecule has 1 unspecified atom stereocenters. The van der Waals surface area contributed by atoms with Gasteiger partial charge in [-0.3, -0.25) is 19.3 Å². The number of carboxylic acid groups (broad SMARTS) is 1. The quantitative estimate of drug-likeness (QED) is 0.349. The first kappa shape index (κ1) is 24.4. The van der Waals surface area contributed by atoms with E-state index in [1.165, 1.54) is 39.8 Å². The lowest BCUT2D eigenvalue weighted by Gasteiger charge is -2.49. The van der Waals surface area contributed by atoms with E-state index in [-0.39, 0.29) is 23.5 Å². The van der Waals surface area contributed by atoms with Crippen molar-refractivity contribution in [3.8, 4) is 0 Å². The van der Waals surface area contributed by atoms with Gasteiger partial charge in [0.1, 0.15) is 17.1 Å². The van der Waals surface area contributed by atoms with E-state index in [4.69, 9.17) is 0 Å². The van der Waals surface area contributed by atoms with E-state index in [0.29, 0.717) is 16.7 Å². The van der Waals surface area contributed by atoms with E-state index in [0.717, 1.165) is 14.5 Å². The van der Waals surface area contributed by atoms with Gasteiger partial charge in [-0.2, -0.15) is 0 Å². The monoisotopic (exact) mass is 536 g/mol. The van der Waals surface area contributed by atoms with Crippen LogP contribution in [0.15, 0.2) is 92.4 Å². The van der Waals surface area contributed by atoms with Crippen LogP contribution in [-0.4, -0.2) is 45.0 Å². The van der Waals surface area contributed by atoms with E-state index in [9.17, 15) is 24.3 Å². The van der Waals surface area contributed by atoms with Gasteiger partial charge >= 0.3 is 5.97 Å². The van der Waals surface area contributed by atoms with Gasteiger partial charge in [0.25, 0.3) is 5.91 Å². The van der Waals surface area contributed by atoms with E-state index in [1.807, 2.05) is 48.5 Å². The molecular formula is C26H20N2O5S3. The predicted molar refractivity (Wildman–Crippen MR) is 143 cm³/mol. The Hall–Kier alpha value is -3.34. The largest absolute Gasteiger partial charge is 0.477 e. The van der Waals surface area contributed by atoms with Gasteiger partial charge in [-0.1, -0.05) is 54.2 Å². The number of hydrogen-bond acceptors (Lipinski definition) is 7. The summed E-state index contributed by atoms with van der Waals surface area (Å²) in [6.45, 7) is 0. The Labute approximate surface area is 218 Å². The molecular weight excluding hydrogens is 516 g/mol. The van der Waals surface area contributed by atoms with Gasteiger partial charge in [0.15, 0.2) is 5.43 Å². The van der Waals surface area contributed by atoms with Crippen LogP contribution in [0, 0.1) is 0 Å². The van der Waals surface area contributed by atoms with Crippen molar-refractivity contribution in [3.63, 3.8) is 0 Å². The van der Waals surface area contributed by atoms with Crippen LogP contribution in [-0.2, 0) is 20.8 Å². The van der Waals surface area contributed by atoms with E-state index >= 15 is 0 Å². The molecule has 3 aromatic rings. The summed E-state index contributed by atoms with van der Waals surface area (Å²) < 4.78 is 1.67. The van der Waals surface area contributed by atoms with Crippen LogP contribution in [0.2, 0.25) is 0 Å². The van der Waals surface area contributed by atoms with Crippen molar-refractivity contribution in [1.82, 2.24) is 10.2 Å². The molecule has 182 valence electrons. The zero-order valence-electron chi connectivity index (χ0n) is 18.7. The number of carbonyl (C=O) groups excluding carboxylic acids is 2. The van der Waals surface area contributed by atoms with Crippen molar-refractivity contribution in [3.05, 3.63) is 99.2 Å². The summed E-state index contributed by atoms with van der Waals surface area (Å²) in [4.78, 5) is 50.9. The molecule has 0 saturated carbocycles. The first-order valence-corrected chi connectivity index (χ1v) is 13.8. The Kier molecular flexibility index (Phi) is 6.99. The molecule has 0 aliphatic carbocycles. The minimum Gasteiger partial charge on any atom is -0.477 e. The third kappa shape index (κ3) is 4.84. The molecule has 1 aromatic heterocycles. The van der Waals surface area contributed by atoms with Crippen LogP contribution in [0.1, 0.15) is 5.56 Å². The van der Waals surface area contributed by atoms with Crippen LogP contribution in [0.3, 0.4) is 0 Å². The maximum atomic E-state index is 12.8. The number of benzene rings is 2. The molecule has 2 N–H and O–H groups in total. The lowest BCUT2D eigenvalue weighted by Crippen LogP contribution is -2.70. The molecule has 2 aromatic carbocycles. The Morgan fingerprint density at radius 2 is 1.86 bits per heavy atom. The number of aliphatic carboxylic acids is 1. The third-order valence-corrected chi connectivity index (χ3v) is 9.15. The lowest BCUT2D eigenvalue weighted by atomic mass is 10.0. The average molecular weight is 537 g/mol. The highest BCUT2D eigenvalue weighted by Gasteiger charge is 2.53. The number of carbonyl (C=O) groups is 3. The second-order valence-electron chi connectivity index (χ2n) is 8.14. The van der Waals surface area contributed by atoms with Gasteiger partial charge in [-0.15, -0.1) is 23.1 Å². The molecule has 0 spiro atoms. The van der Waals surface area contributed by atoms with Gasteiger partial charge < -0.3 is 10.4 Å². The van der Waals surface area contributed by atoms with Crippen molar-refractivity contribution in [2.24, 2.45) is 0 Å². The van der Waals surface area contributed by atoms with Gasteiger partial charge in [0, 0.05) is 21.9 Å². The molecule has 5 rings (SSSR count). The van der Waals surface area contributed by atoms with Crippen LogP contribution >= 0.6 is 34.9 Å². The summed E-state index contributed by atoms with van der Waals surface area (Å²) in [5, 5.41) is 14.6. The van der Waals surface area contributed by atoms with Crippen LogP contribution in [0.25, 0.3) is 10.1 Å². The minimum atomic E-state index is -1.19. The number of thioether (sulfide) groups is 2. The fraction of sp³-hybridized carbons (Fsp3) is 0.154. The molecule has 3 heterocycles. The summed E-state index contributed by atoms with van der Waals surface area (Å²) in [6.07, 6.45) is 1.83. The van der Waals surface area contributed by atoms with Gasteiger partial charge in [-0.05, 0) is 34.8 Å². The molecule has 0 radical (unpaired) electrons. The van der Waals surface area contributed by atoms with Gasteiger partial charge in [-0.25, -0.2) is 4.79 Å². The number of allylic oxidation sites excluding steroid dienone is 1. The highest BCUT2D eigenvalue weighted by molar-refractivity contribution is 8.04. The number of β-lactam (4-membered cyclic amide) rings is 1. The predicted octanol–water partition coefficient (Wildman–Crippen LogP) is 3.85. The normalized spacial score (nSPS) is 19.3. The third-order valence-electron chi connectivity index (χ3n) is 5.79. The molecule has 0 bridgehead atoms. The Morgan fingerprint density at radius 1 is 1.11 bits per heavy atom. The minimum absolute atomic E-state index is 0.0618. The van der Waals surface area contributed by atoms with E-state index in [1.54, 1.807) is 23.6 Å². The molecule has 7 nitrogen and oxygen atoms in total. The van der Waals surface area contributed by atoms with Gasteiger partial charge in [0.05, 0.1) is 10.6 Å². The topological polar surface area (TPSA) is 104 Å². The number of nitrogens with one attached hydrogen (secondary N) is 1. The molecule has 10 heteroatoms. The maximum absolute atomic E-state index is 12.8. The number of rotatable bonds is 7. The van der Waals surface area contributed by atoms with E-state index < -0.39 is 23.3 Å². The smallest absolute Gasteiger partial charge is 0.352 e. The Balaban J connectivity index is 1.29. The standard InChI is InChI=1S/C26H20N2O5S3/c29-18-13-21(36-19-9-5-4-8-17(18)19)34-11-10-16-14-35-25-22(24(31)28(25)23(16)26(32)33)27-20(30)12-15-6-2-1-3-7-15/h1-11,13,22,25H,12,14H2,(H,27,30)(H,32,33)/b11-10+/t22?,25-/m1/s1. The van der Waals surface area contributed by atoms with Crippen LogP contribution in [0.4, 0.5) is 0 Å². The van der Waals surface area contributed by atoms with Crippen molar-refractivity contribution < 1.29 is 19.5 Å². The second kappa shape index (κ2) is 10.3. The molecule has 2 atom stereocenters. The van der Waals surface area contributed by atoms with E-state index in [2.05, 4.69) is 5.32 Å². The number of amides is 2. The molecule has 2 aliphatic rings. The maximum Gasteiger partial charge on any atom is 0.352 e. The van der Waals surface area contributed by atoms with Crippen molar-refractivity contribution in [2.75, 3.05) is 5.75 Å². The molecule has 2 aliphatic heterocycles. The first-order chi connectivity index (χ1) is 17.4. The van der Waals surface area contributed by atoms with Crippen LogP contribution in [0.5, 0.6) is 0 Å². The molecule has 2 amide bonds. The van der Waals surface area contributed by atoms with Crippen LogP contribution < -0.4 is 10.7 Å². The summed E-state index contributed by atoms with van der Waals surface area (Å²) in [6, 6.07) is 17.4. The Bertz CT molecular complexity index is 1480. The highest BCUT2D eigenvalue weighted by atomic mass is 32.2. The zero-order chi connectivity index (χ0) is 25.2. The second-order valence-corrected chi connectivity index (χ2v) is 11.5. The first-order valence-electron chi connectivity index (χ1n) is 11.0. The molecule has 1 saturated heterocycles. The summed E-state index contributed by atoms with van der Waals surface area (Å²) in [5.74, 6) is -1.52. The summed E-state index contributed by atoms with van der Waals surface area (Å²) >= 11 is 4.23. The summed E-state index contributed by atoms with van der Waals surface area (Å²) in [7, 11) is 0. The zero-order valence-corrected chi connectivity index (χ0v) is 21.2. The molecule has 36 heavy (non-hydrogen) atoms. The number of carboxylic acids is 1. The lowest BCUT2D eigenvalue weighted by molar-refractivity contribution is -0.150. The molecule has 1 fully saturated rings. The highest BCUT2D eigenvalue weighted by Crippen LogP contribution is 2.41. The fourth-order valence-corrected chi connectivity index (χ4v) is 7.40.